The van der Waals surface area contributed by atoms with Crippen LogP contribution in [0, 0.1) is 0 Å². The molecule has 148 valence electrons. The van der Waals surface area contributed by atoms with Crippen LogP contribution in [0.1, 0.15) is 32.1 Å². The molecule has 2 aliphatic rings. The smallest absolute Gasteiger partial charge is 0.317 e. The standard InChI is InChI=1S/C20H29ClN4O2/c21-17-7-3-4-8-18(17)23-13-15-25(16-14-23)20(27)22-10-6-12-24-11-5-1-2-9-19(24)26/h3-4,7-8H,1-2,5-6,9-16H2,(H,22,27). The van der Waals surface area contributed by atoms with Gasteiger partial charge in [0.25, 0.3) is 0 Å². The number of benzene rings is 1. The van der Waals surface area contributed by atoms with Gasteiger partial charge in [0.15, 0.2) is 0 Å². The second kappa shape index (κ2) is 9.83. The van der Waals surface area contributed by atoms with Gasteiger partial charge in [-0.15, -0.1) is 0 Å². The molecule has 2 saturated heterocycles. The van der Waals surface area contributed by atoms with Crippen LogP contribution in [-0.2, 0) is 4.79 Å². The van der Waals surface area contributed by atoms with E-state index in [2.05, 4.69) is 10.2 Å². The molecule has 0 aliphatic carbocycles. The Balaban J connectivity index is 1.36. The molecule has 0 aromatic heterocycles. The van der Waals surface area contributed by atoms with E-state index in [0.717, 1.165) is 62.6 Å². The van der Waals surface area contributed by atoms with Crippen molar-refractivity contribution in [2.45, 2.75) is 32.1 Å². The maximum atomic E-state index is 12.4. The fourth-order valence-electron chi connectivity index (χ4n) is 3.71. The van der Waals surface area contributed by atoms with Gasteiger partial charge in [-0.25, -0.2) is 4.79 Å². The lowest BCUT2D eigenvalue weighted by molar-refractivity contribution is -0.130. The summed E-state index contributed by atoms with van der Waals surface area (Å²) in [6.45, 7) is 5.12. The van der Waals surface area contributed by atoms with Crippen molar-refractivity contribution < 1.29 is 9.59 Å². The summed E-state index contributed by atoms with van der Waals surface area (Å²) in [6, 6.07) is 7.80. The Morgan fingerprint density at radius 3 is 2.59 bits per heavy atom. The number of halogens is 1. The second-order valence-electron chi connectivity index (χ2n) is 7.20. The van der Waals surface area contributed by atoms with Gasteiger partial charge >= 0.3 is 6.03 Å². The summed E-state index contributed by atoms with van der Waals surface area (Å²) < 4.78 is 0. The number of carbonyl (C=O) groups excluding carboxylic acids is 2. The highest BCUT2D eigenvalue weighted by Crippen LogP contribution is 2.25. The Kier molecular flexibility index (Phi) is 7.21. The predicted molar refractivity (Wildman–Crippen MR) is 108 cm³/mol. The van der Waals surface area contributed by atoms with Gasteiger partial charge in [-0.3, -0.25) is 4.79 Å². The Bertz CT molecular complexity index is 647. The van der Waals surface area contributed by atoms with E-state index in [1.165, 1.54) is 0 Å². The zero-order valence-electron chi connectivity index (χ0n) is 15.8. The molecular formula is C20H29ClN4O2. The number of anilines is 1. The molecule has 2 fully saturated rings. The Hall–Kier alpha value is -1.95. The summed E-state index contributed by atoms with van der Waals surface area (Å²) in [5.74, 6) is 0.259. The number of hydrogen-bond donors (Lipinski definition) is 1. The van der Waals surface area contributed by atoms with Crippen LogP contribution in [0.2, 0.25) is 5.02 Å². The molecule has 0 unspecified atom stereocenters. The molecule has 1 N–H and O–H groups in total. The van der Waals surface area contributed by atoms with Crippen LogP contribution in [-0.4, -0.2) is 67.6 Å². The Morgan fingerprint density at radius 1 is 1.04 bits per heavy atom. The molecule has 1 aromatic rings. The zero-order chi connectivity index (χ0) is 19.1. The molecule has 27 heavy (non-hydrogen) atoms. The molecule has 2 heterocycles. The van der Waals surface area contributed by atoms with E-state index >= 15 is 0 Å². The lowest BCUT2D eigenvalue weighted by atomic mass is 10.2. The van der Waals surface area contributed by atoms with Crippen LogP contribution < -0.4 is 10.2 Å². The number of nitrogens with one attached hydrogen (secondary N) is 1. The van der Waals surface area contributed by atoms with Crippen molar-refractivity contribution in [2.24, 2.45) is 0 Å². The molecule has 0 saturated carbocycles. The van der Waals surface area contributed by atoms with Crippen LogP contribution in [0.15, 0.2) is 24.3 Å². The van der Waals surface area contributed by atoms with Gasteiger partial charge in [0.1, 0.15) is 0 Å². The summed E-state index contributed by atoms with van der Waals surface area (Å²) in [7, 11) is 0. The van der Waals surface area contributed by atoms with Gasteiger partial charge in [0, 0.05) is 52.2 Å². The third-order valence-electron chi connectivity index (χ3n) is 5.31. The first-order valence-electron chi connectivity index (χ1n) is 9.95. The quantitative estimate of drug-likeness (QED) is 0.784. The summed E-state index contributed by atoms with van der Waals surface area (Å²) in [5.41, 5.74) is 1.03. The maximum absolute atomic E-state index is 12.4. The number of nitrogens with zero attached hydrogens (tertiary/aromatic N) is 3. The van der Waals surface area contributed by atoms with E-state index in [1.807, 2.05) is 34.1 Å². The molecule has 1 aromatic carbocycles. The van der Waals surface area contributed by atoms with Gasteiger partial charge < -0.3 is 20.0 Å². The Morgan fingerprint density at radius 2 is 1.81 bits per heavy atom. The van der Waals surface area contributed by atoms with Crippen molar-refractivity contribution in [3.63, 3.8) is 0 Å². The average Bonchev–Trinajstić information content (AvgIpc) is 2.90. The first-order chi connectivity index (χ1) is 13.1. The number of likely N-dealkylation sites (tertiary alicyclic amines) is 1. The van der Waals surface area contributed by atoms with Crippen molar-refractivity contribution in [3.05, 3.63) is 29.3 Å². The van der Waals surface area contributed by atoms with Crippen LogP contribution >= 0.6 is 11.6 Å². The van der Waals surface area contributed by atoms with E-state index in [4.69, 9.17) is 11.6 Å². The summed E-state index contributed by atoms with van der Waals surface area (Å²) >= 11 is 6.26. The molecule has 0 atom stereocenters. The summed E-state index contributed by atoms with van der Waals surface area (Å²) in [4.78, 5) is 30.4. The SMILES string of the molecule is O=C1CCCCCN1CCCNC(=O)N1CCN(c2ccccc2Cl)CC1. The normalized spacial score (nSPS) is 18.4. The third kappa shape index (κ3) is 5.51. The molecule has 0 radical (unpaired) electrons. The largest absolute Gasteiger partial charge is 0.367 e. The molecule has 3 amide bonds. The Labute approximate surface area is 166 Å². The number of carbonyl (C=O) groups is 2. The molecule has 3 rings (SSSR count). The first-order valence-corrected chi connectivity index (χ1v) is 10.3. The first kappa shape index (κ1) is 19.8. The van der Waals surface area contributed by atoms with Crippen LogP contribution in [0.4, 0.5) is 10.5 Å². The van der Waals surface area contributed by atoms with Gasteiger partial charge in [-0.1, -0.05) is 30.2 Å². The molecule has 0 bridgehead atoms. The topological polar surface area (TPSA) is 55.9 Å². The van der Waals surface area contributed by atoms with E-state index in [0.29, 0.717) is 26.1 Å². The number of piperazine rings is 1. The van der Waals surface area contributed by atoms with E-state index in [9.17, 15) is 9.59 Å². The minimum atomic E-state index is -0.0176. The number of urea groups is 1. The molecule has 6 nitrogen and oxygen atoms in total. The van der Waals surface area contributed by atoms with Gasteiger partial charge in [-0.05, 0) is 31.4 Å². The van der Waals surface area contributed by atoms with E-state index < -0.39 is 0 Å². The van der Waals surface area contributed by atoms with Crippen molar-refractivity contribution in [1.82, 2.24) is 15.1 Å². The minimum absolute atomic E-state index is 0.0176. The molecule has 7 heteroatoms. The highest BCUT2D eigenvalue weighted by Gasteiger charge is 2.22. The van der Waals surface area contributed by atoms with Crippen LogP contribution in [0.3, 0.4) is 0 Å². The molecule has 2 aliphatic heterocycles. The van der Waals surface area contributed by atoms with Crippen molar-refractivity contribution in [1.29, 1.82) is 0 Å². The van der Waals surface area contributed by atoms with Crippen molar-refractivity contribution in [2.75, 3.05) is 50.7 Å². The van der Waals surface area contributed by atoms with Gasteiger partial charge in [0.05, 0.1) is 10.7 Å². The fourth-order valence-corrected chi connectivity index (χ4v) is 3.97. The summed E-state index contributed by atoms with van der Waals surface area (Å²) in [6.07, 6.45) is 4.71. The fraction of sp³-hybridized carbons (Fsp3) is 0.600. The highest BCUT2D eigenvalue weighted by molar-refractivity contribution is 6.33. The van der Waals surface area contributed by atoms with Crippen molar-refractivity contribution in [3.8, 4) is 0 Å². The second-order valence-corrected chi connectivity index (χ2v) is 7.61. The number of rotatable bonds is 5. The van der Waals surface area contributed by atoms with E-state index in [-0.39, 0.29) is 11.9 Å². The van der Waals surface area contributed by atoms with E-state index in [1.54, 1.807) is 0 Å². The maximum Gasteiger partial charge on any atom is 0.317 e. The number of hydrogen-bond acceptors (Lipinski definition) is 3. The monoisotopic (exact) mass is 392 g/mol. The number of amides is 3. The van der Waals surface area contributed by atoms with Gasteiger partial charge in [-0.2, -0.15) is 0 Å². The zero-order valence-corrected chi connectivity index (χ0v) is 16.6. The van der Waals surface area contributed by atoms with Crippen LogP contribution in [0.5, 0.6) is 0 Å². The average molecular weight is 393 g/mol. The molecule has 0 spiro atoms. The van der Waals surface area contributed by atoms with Crippen LogP contribution in [0.25, 0.3) is 0 Å². The minimum Gasteiger partial charge on any atom is -0.367 e. The predicted octanol–water partition coefficient (Wildman–Crippen LogP) is 2.96. The lowest BCUT2D eigenvalue weighted by Gasteiger charge is -2.36. The van der Waals surface area contributed by atoms with Crippen molar-refractivity contribution >= 4 is 29.2 Å². The lowest BCUT2D eigenvalue weighted by Crippen LogP contribution is -2.52. The number of para-hydroxylation sites is 1. The highest BCUT2D eigenvalue weighted by atomic mass is 35.5. The van der Waals surface area contributed by atoms with Gasteiger partial charge in [0.2, 0.25) is 5.91 Å². The third-order valence-corrected chi connectivity index (χ3v) is 5.63. The summed E-state index contributed by atoms with van der Waals surface area (Å²) in [5, 5.41) is 3.74. The molecular weight excluding hydrogens is 364 g/mol.